The normalized spacial score (nSPS) is 18.6. The molecule has 0 saturated carbocycles. The van der Waals surface area contributed by atoms with Gasteiger partial charge in [0.25, 0.3) is 5.91 Å². The van der Waals surface area contributed by atoms with Gasteiger partial charge in [0, 0.05) is 47.6 Å². The molecule has 0 aliphatic carbocycles. The fraction of sp³-hybridized carbons (Fsp3) is 0.516. The summed E-state index contributed by atoms with van der Waals surface area (Å²) in [6.07, 6.45) is -1.60. The zero-order chi connectivity index (χ0) is 32.0. The first-order chi connectivity index (χ1) is 20.5. The zero-order valence-electron chi connectivity index (χ0n) is 25.8. The van der Waals surface area contributed by atoms with E-state index in [1.807, 2.05) is 52.3 Å². The Morgan fingerprint density at radius 1 is 1.09 bits per heavy atom. The Morgan fingerprint density at radius 3 is 2.48 bits per heavy atom. The van der Waals surface area contributed by atoms with Crippen molar-refractivity contribution in [1.29, 1.82) is 0 Å². The lowest BCUT2D eigenvalue weighted by Crippen LogP contribution is -2.54. The van der Waals surface area contributed by atoms with Crippen molar-refractivity contribution in [2.24, 2.45) is 0 Å². The first-order valence-corrected chi connectivity index (χ1v) is 14.6. The van der Waals surface area contributed by atoms with Crippen LogP contribution in [0.15, 0.2) is 47.2 Å². The second kappa shape index (κ2) is 11.6. The zero-order valence-corrected chi connectivity index (χ0v) is 25.8. The molecule has 1 amide bonds. The smallest absolute Gasteiger partial charge is 0.379 e. The van der Waals surface area contributed by atoms with Crippen LogP contribution in [-0.2, 0) is 18.6 Å². The van der Waals surface area contributed by atoms with Gasteiger partial charge in [-0.15, -0.1) is 0 Å². The van der Waals surface area contributed by atoms with Crippen LogP contribution >= 0.6 is 0 Å². The van der Waals surface area contributed by atoms with Gasteiger partial charge in [0.15, 0.2) is 0 Å². The molecular formula is C31H39F4N7O2. The number of amides is 1. The molecule has 0 radical (unpaired) electrons. The van der Waals surface area contributed by atoms with Crippen molar-refractivity contribution >= 4 is 22.5 Å². The van der Waals surface area contributed by atoms with E-state index in [0.29, 0.717) is 35.1 Å². The Labute approximate surface area is 253 Å². The van der Waals surface area contributed by atoms with Gasteiger partial charge >= 0.3 is 6.18 Å². The van der Waals surface area contributed by atoms with Crippen LogP contribution in [-0.4, -0.2) is 67.1 Å². The van der Waals surface area contributed by atoms with E-state index in [9.17, 15) is 18.0 Å². The molecule has 44 heavy (non-hydrogen) atoms. The van der Waals surface area contributed by atoms with Gasteiger partial charge in [0.05, 0.1) is 29.4 Å². The molecule has 0 spiro atoms. The minimum Gasteiger partial charge on any atom is -0.379 e. The van der Waals surface area contributed by atoms with E-state index in [2.05, 4.69) is 25.7 Å². The van der Waals surface area contributed by atoms with Crippen LogP contribution in [0, 0.1) is 0 Å². The molecule has 4 heterocycles. The maximum Gasteiger partial charge on any atom is 0.406 e. The summed E-state index contributed by atoms with van der Waals surface area (Å²) < 4.78 is 64.8. The average molecular weight is 618 g/mol. The monoisotopic (exact) mass is 617 g/mol. The Hall–Kier alpha value is -3.87. The molecule has 1 saturated heterocycles. The Morgan fingerprint density at radius 2 is 1.84 bits per heavy atom. The molecule has 2 N–H and O–H groups in total. The lowest BCUT2D eigenvalue weighted by molar-refractivity contribution is -0.139. The molecule has 238 valence electrons. The number of alkyl halides is 4. The van der Waals surface area contributed by atoms with Crippen molar-refractivity contribution in [2.75, 3.05) is 18.4 Å². The molecule has 2 atom stereocenters. The summed E-state index contributed by atoms with van der Waals surface area (Å²) in [5.74, 6) is -0.368. The number of piperidine rings is 1. The van der Waals surface area contributed by atoms with Gasteiger partial charge in [-0.2, -0.15) is 18.2 Å². The molecule has 4 aromatic rings. The van der Waals surface area contributed by atoms with E-state index in [0.717, 1.165) is 4.57 Å². The number of rotatable bonds is 7. The lowest BCUT2D eigenvalue weighted by atomic mass is 9.96. The molecule has 1 fully saturated rings. The van der Waals surface area contributed by atoms with Crippen molar-refractivity contribution in [3.8, 4) is 11.5 Å². The number of fused-ring (bicyclic) bond motifs is 1. The molecule has 1 aliphatic heterocycles. The topological polar surface area (TPSA) is 93.2 Å². The molecule has 13 heteroatoms. The first-order valence-electron chi connectivity index (χ1n) is 14.6. The minimum atomic E-state index is -4.53. The summed E-state index contributed by atoms with van der Waals surface area (Å²) in [7, 11) is 0. The van der Waals surface area contributed by atoms with Crippen LogP contribution in [0.3, 0.4) is 0 Å². The van der Waals surface area contributed by atoms with Crippen LogP contribution in [0.1, 0.15) is 64.2 Å². The van der Waals surface area contributed by atoms with E-state index in [4.69, 9.17) is 4.52 Å². The van der Waals surface area contributed by atoms with Crippen molar-refractivity contribution in [3.63, 3.8) is 0 Å². The van der Waals surface area contributed by atoms with Crippen molar-refractivity contribution < 1.29 is 26.9 Å². The van der Waals surface area contributed by atoms with Gasteiger partial charge in [-0.1, -0.05) is 11.2 Å². The maximum atomic E-state index is 15.3. The quantitative estimate of drug-likeness (QED) is 0.235. The number of aromatic nitrogens is 4. The van der Waals surface area contributed by atoms with Crippen molar-refractivity contribution in [3.05, 3.63) is 54.2 Å². The molecule has 1 aliphatic rings. The highest BCUT2D eigenvalue weighted by Gasteiger charge is 2.35. The second-order valence-electron chi connectivity index (χ2n) is 13.3. The van der Waals surface area contributed by atoms with Crippen LogP contribution in [0.5, 0.6) is 0 Å². The molecular weight excluding hydrogens is 578 g/mol. The number of anilines is 1. The summed E-state index contributed by atoms with van der Waals surface area (Å²) in [6, 6.07) is 7.72. The minimum absolute atomic E-state index is 0.0386. The number of halogens is 4. The number of nitrogens with zero attached hydrogens (tertiary/aromatic N) is 5. The number of likely N-dealkylation sites (tertiary alicyclic amines) is 1. The number of carbonyl (C=O) groups excluding carboxylic acids is 1. The highest BCUT2D eigenvalue weighted by atomic mass is 19.4. The summed E-state index contributed by atoms with van der Waals surface area (Å²) >= 11 is 0. The SMILES string of the molecule is CC(C)(C)N1CC[C@@H](Nc2cccc3c2cc(-c2noc(CNC(=O)c4ccn(C(C)(C)C)c4)n2)n3CC(F)(F)F)[C@H](F)C1. The van der Waals surface area contributed by atoms with E-state index < -0.39 is 24.9 Å². The predicted molar refractivity (Wildman–Crippen MR) is 160 cm³/mol. The third-order valence-electron chi connectivity index (χ3n) is 7.94. The molecule has 5 rings (SSSR count). The van der Waals surface area contributed by atoms with Crippen LogP contribution in [0.25, 0.3) is 22.4 Å². The fourth-order valence-corrected chi connectivity index (χ4v) is 5.46. The van der Waals surface area contributed by atoms with Gasteiger partial charge < -0.3 is 24.3 Å². The number of carbonyl (C=O) groups is 1. The second-order valence-corrected chi connectivity index (χ2v) is 13.3. The van der Waals surface area contributed by atoms with Crippen molar-refractivity contribution in [1.82, 2.24) is 29.5 Å². The Kier molecular flexibility index (Phi) is 8.29. The standard InChI is InChI=1S/C31H39F4N7O2/c1-29(2,3)40-12-10-19(16-40)28(43)36-15-26-38-27(39-44-26)25-14-20-22(8-7-9-24(20)42(25)18-31(33,34)35)37-23-11-13-41(17-21(23)32)30(4,5)6/h7-10,12,14,16,21,23,37H,11,13,15,17-18H2,1-6H3,(H,36,43)/t21-,23-/m1/s1. The Bertz CT molecular complexity index is 1620. The molecule has 0 unspecified atom stereocenters. The molecule has 3 aromatic heterocycles. The third-order valence-corrected chi connectivity index (χ3v) is 7.94. The maximum absolute atomic E-state index is 15.3. The number of benzene rings is 1. The highest BCUT2D eigenvalue weighted by Crippen LogP contribution is 2.35. The number of hydrogen-bond donors (Lipinski definition) is 2. The number of hydrogen-bond acceptors (Lipinski definition) is 6. The summed E-state index contributed by atoms with van der Waals surface area (Å²) in [4.78, 5) is 19.1. The van der Waals surface area contributed by atoms with Crippen LogP contribution in [0.2, 0.25) is 0 Å². The van der Waals surface area contributed by atoms with E-state index >= 15 is 4.39 Å². The highest BCUT2D eigenvalue weighted by molar-refractivity contribution is 5.96. The molecule has 9 nitrogen and oxygen atoms in total. The summed E-state index contributed by atoms with van der Waals surface area (Å²) in [5.41, 5.74) is 1.01. The van der Waals surface area contributed by atoms with Gasteiger partial charge in [0.2, 0.25) is 11.7 Å². The van der Waals surface area contributed by atoms with E-state index in [1.54, 1.807) is 36.5 Å². The number of nitrogens with one attached hydrogen (secondary N) is 2. The van der Waals surface area contributed by atoms with Gasteiger partial charge in [-0.3, -0.25) is 9.69 Å². The van der Waals surface area contributed by atoms with Gasteiger partial charge in [0.1, 0.15) is 12.7 Å². The van der Waals surface area contributed by atoms with E-state index in [-0.39, 0.29) is 47.5 Å². The third kappa shape index (κ3) is 6.92. The summed E-state index contributed by atoms with van der Waals surface area (Å²) in [6.45, 7) is 11.7. The van der Waals surface area contributed by atoms with Crippen LogP contribution < -0.4 is 10.6 Å². The Balaban J connectivity index is 1.38. The first kappa shape index (κ1) is 31.6. The van der Waals surface area contributed by atoms with Gasteiger partial charge in [-0.25, -0.2) is 4.39 Å². The fourth-order valence-electron chi connectivity index (χ4n) is 5.46. The average Bonchev–Trinajstić information content (AvgIpc) is 3.66. The lowest BCUT2D eigenvalue weighted by Gasteiger charge is -2.42. The van der Waals surface area contributed by atoms with E-state index in [1.165, 1.54) is 0 Å². The van der Waals surface area contributed by atoms with Crippen molar-refractivity contribution in [2.45, 2.75) is 90.5 Å². The van der Waals surface area contributed by atoms with Crippen LogP contribution in [0.4, 0.5) is 23.2 Å². The summed E-state index contributed by atoms with van der Waals surface area (Å²) in [5, 5.41) is 10.4. The molecule has 1 aromatic carbocycles. The van der Waals surface area contributed by atoms with Gasteiger partial charge in [-0.05, 0) is 72.2 Å². The molecule has 0 bridgehead atoms. The largest absolute Gasteiger partial charge is 0.406 e. The predicted octanol–water partition coefficient (Wildman–Crippen LogP) is 6.36.